The number of aliphatic carboxylic acids is 1. The van der Waals surface area contributed by atoms with Crippen molar-refractivity contribution >= 4 is 17.6 Å². The number of ether oxygens (including phenoxy) is 2. The Labute approximate surface area is 115 Å². The summed E-state index contributed by atoms with van der Waals surface area (Å²) in [5.74, 6) is 0.174. The van der Waals surface area contributed by atoms with E-state index in [1.165, 1.54) is 0 Å². The second kappa shape index (κ2) is 5.05. The summed E-state index contributed by atoms with van der Waals surface area (Å²) in [7, 11) is 0. The average Bonchev–Trinajstić information content (AvgIpc) is 2.93. The van der Waals surface area contributed by atoms with Gasteiger partial charge in [-0.3, -0.25) is 4.98 Å². The van der Waals surface area contributed by atoms with Crippen LogP contribution in [0.15, 0.2) is 42.7 Å². The van der Waals surface area contributed by atoms with E-state index in [0.717, 1.165) is 5.56 Å². The van der Waals surface area contributed by atoms with Crippen LogP contribution in [-0.2, 0) is 4.79 Å². The fourth-order valence-corrected chi connectivity index (χ4v) is 1.96. The van der Waals surface area contributed by atoms with E-state index in [2.05, 4.69) is 4.98 Å². The number of pyridine rings is 1. The van der Waals surface area contributed by atoms with E-state index in [4.69, 9.17) is 9.47 Å². The van der Waals surface area contributed by atoms with E-state index in [0.29, 0.717) is 17.1 Å². The normalized spacial score (nSPS) is 13.3. The summed E-state index contributed by atoms with van der Waals surface area (Å²) in [5, 5.41) is 9.38. The monoisotopic (exact) mass is 269 g/mol. The van der Waals surface area contributed by atoms with Gasteiger partial charge in [0.25, 0.3) is 0 Å². The summed E-state index contributed by atoms with van der Waals surface area (Å²) in [6.45, 7) is 0.160. The number of nitrogens with zero attached hydrogens (tertiary/aromatic N) is 1. The molecule has 20 heavy (non-hydrogen) atoms. The van der Waals surface area contributed by atoms with Gasteiger partial charge in [0.15, 0.2) is 11.5 Å². The molecule has 3 rings (SSSR count). The van der Waals surface area contributed by atoms with Crippen molar-refractivity contribution in [2.45, 2.75) is 0 Å². The number of carboxylic acids is 1. The Hall–Kier alpha value is -2.82. The van der Waals surface area contributed by atoms with E-state index in [-0.39, 0.29) is 12.4 Å². The zero-order chi connectivity index (χ0) is 13.9. The van der Waals surface area contributed by atoms with E-state index < -0.39 is 5.97 Å². The van der Waals surface area contributed by atoms with Gasteiger partial charge in [0.1, 0.15) is 0 Å². The van der Waals surface area contributed by atoms with Gasteiger partial charge < -0.3 is 14.6 Å². The molecule has 0 fully saturated rings. The maximum absolute atomic E-state index is 11.4. The predicted octanol–water partition coefficient (Wildman–Crippen LogP) is 2.44. The van der Waals surface area contributed by atoms with Crippen molar-refractivity contribution in [2.24, 2.45) is 0 Å². The van der Waals surface area contributed by atoms with Crippen molar-refractivity contribution in [2.75, 3.05) is 6.79 Å². The molecule has 2 aromatic rings. The minimum absolute atomic E-state index is 0.160. The lowest BCUT2D eigenvalue weighted by molar-refractivity contribution is -0.130. The van der Waals surface area contributed by atoms with Gasteiger partial charge in [-0.25, -0.2) is 4.79 Å². The lowest BCUT2D eigenvalue weighted by Crippen LogP contribution is -1.99. The van der Waals surface area contributed by atoms with Crippen LogP contribution in [0.25, 0.3) is 11.6 Å². The molecule has 1 N–H and O–H groups in total. The summed E-state index contributed by atoms with van der Waals surface area (Å²) in [6, 6.07) is 8.62. The molecule has 2 heterocycles. The average molecular weight is 269 g/mol. The predicted molar refractivity (Wildman–Crippen MR) is 72.3 cm³/mol. The van der Waals surface area contributed by atoms with Gasteiger partial charge in [-0.15, -0.1) is 0 Å². The van der Waals surface area contributed by atoms with E-state index in [1.54, 1.807) is 48.8 Å². The number of aromatic nitrogens is 1. The van der Waals surface area contributed by atoms with Crippen LogP contribution in [0.5, 0.6) is 11.5 Å². The lowest BCUT2D eigenvalue weighted by Gasteiger charge is -2.04. The number of benzene rings is 1. The van der Waals surface area contributed by atoms with Crippen molar-refractivity contribution in [3.63, 3.8) is 0 Å². The van der Waals surface area contributed by atoms with Crippen molar-refractivity contribution < 1.29 is 19.4 Å². The highest BCUT2D eigenvalue weighted by atomic mass is 16.7. The largest absolute Gasteiger partial charge is 0.478 e. The molecule has 0 aliphatic carbocycles. The first-order valence-electron chi connectivity index (χ1n) is 5.99. The van der Waals surface area contributed by atoms with Crippen LogP contribution in [0.1, 0.15) is 11.1 Å². The first-order valence-corrected chi connectivity index (χ1v) is 5.99. The number of rotatable bonds is 3. The molecular formula is C15H11NO4. The van der Waals surface area contributed by atoms with Gasteiger partial charge in [0, 0.05) is 12.4 Å². The Morgan fingerprint density at radius 3 is 2.85 bits per heavy atom. The van der Waals surface area contributed by atoms with Gasteiger partial charge in [-0.2, -0.15) is 0 Å². The van der Waals surface area contributed by atoms with E-state index >= 15 is 0 Å². The van der Waals surface area contributed by atoms with Crippen molar-refractivity contribution in [3.8, 4) is 11.5 Å². The standard InChI is InChI=1S/C15H11NO4/c17-15(18)12(6-10-2-1-5-16-8-10)11-3-4-13-14(7-11)20-9-19-13/h1-8H,9H2,(H,17,18)/b12-6+. The molecule has 0 bridgehead atoms. The molecule has 0 saturated carbocycles. The van der Waals surface area contributed by atoms with Crippen LogP contribution in [0.3, 0.4) is 0 Å². The summed E-state index contributed by atoms with van der Waals surface area (Å²) in [5.41, 5.74) is 1.46. The first kappa shape index (κ1) is 12.2. The summed E-state index contributed by atoms with van der Waals surface area (Å²) in [4.78, 5) is 15.4. The molecule has 1 aliphatic rings. The third kappa shape index (κ3) is 2.33. The number of hydrogen-bond donors (Lipinski definition) is 1. The quantitative estimate of drug-likeness (QED) is 0.867. The molecule has 0 amide bonds. The van der Waals surface area contributed by atoms with Crippen LogP contribution >= 0.6 is 0 Å². The highest BCUT2D eigenvalue weighted by molar-refractivity contribution is 6.20. The number of carboxylic acid groups (broad SMARTS) is 1. The molecule has 0 radical (unpaired) electrons. The Bertz CT molecular complexity index is 680. The van der Waals surface area contributed by atoms with E-state index in [9.17, 15) is 9.90 Å². The highest BCUT2D eigenvalue weighted by Gasteiger charge is 2.17. The minimum Gasteiger partial charge on any atom is -0.478 e. The molecule has 5 heteroatoms. The minimum atomic E-state index is -1.01. The zero-order valence-corrected chi connectivity index (χ0v) is 10.4. The van der Waals surface area contributed by atoms with Gasteiger partial charge in [0.05, 0.1) is 5.57 Å². The third-order valence-corrected chi connectivity index (χ3v) is 2.91. The second-order valence-electron chi connectivity index (χ2n) is 4.22. The second-order valence-corrected chi connectivity index (χ2v) is 4.22. The van der Waals surface area contributed by atoms with Gasteiger partial charge in [-0.1, -0.05) is 12.1 Å². The molecule has 0 spiro atoms. The SMILES string of the molecule is O=C(O)/C(=C/c1cccnc1)c1ccc2c(c1)OCO2. The summed E-state index contributed by atoms with van der Waals surface area (Å²) in [6.07, 6.45) is 4.82. The highest BCUT2D eigenvalue weighted by Crippen LogP contribution is 2.34. The lowest BCUT2D eigenvalue weighted by atomic mass is 10.0. The molecule has 0 unspecified atom stereocenters. The van der Waals surface area contributed by atoms with Crippen molar-refractivity contribution in [3.05, 3.63) is 53.9 Å². The number of fused-ring (bicyclic) bond motifs is 1. The van der Waals surface area contributed by atoms with Crippen LogP contribution in [0.4, 0.5) is 0 Å². The number of carbonyl (C=O) groups is 1. The molecule has 100 valence electrons. The maximum atomic E-state index is 11.4. The molecule has 1 aromatic heterocycles. The Kier molecular flexibility index (Phi) is 3.09. The summed E-state index contributed by atoms with van der Waals surface area (Å²) >= 11 is 0. The smallest absolute Gasteiger partial charge is 0.336 e. The van der Waals surface area contributed by atoms with Crippen LogP contribution in [-0.4, -0.2) is 22.9 Å². The molecule has 5 nitrogen and oxygen atoms in total. The molecule has 1 aromatic carbocycles. The van der Waals surface area contributed by atoms with Gasteiger partial charge >= 0.3 is 5.97 Å². The molecule has 0 atom stereocenters. The van der Waals surface area contributed by atoms with Crippen LogP contribution in [0, 0.1) is 0 Å². The van der Waals surface area contributed by atoms with Crippen molar-refractivity contribution in [1.82, 2.24) is 4.98 Å². The summed E-state index contributed by atoms with van der Waals surface area (Å²) < 4.78 is 10.5. The van der Waals surface area contributed by atoms with Crippen LogP contribution < -0.4 is 9.47 Å². The number of hydrogen-bond acceptors (Lipinski definition) is 4. The van der Waals surface area contributed by atoms with Crippen LogP contribution in [0.2, 0.25) is 0 Å². The maximum Gasteiger partial charge on any atom is 0.336 e. The van der Waals surface area contributed by atoms with Gasteiger partial charge in [-0.05, 0) is 35.4 Å². The fraction of sp³-hybridized carbons (Fsp3) is 0.0667. The topological polar surface area (TPSA) is 68.7 Å². The Balaban J connectivity index is 2.03. The van der Waals surface area contributed by atoms with Gasteiger partial charge in [0.2, 0.25) is 6.79 Å². The fourth-order valence-electron chi connectivity index (χ4n) is 1.96. The van der Waals surface area contributed by atoms with E-state index in [1.807, 2.05) is 0 Å². The zero-order valence-electron chi connectivity index (χ0n) is 10.4. The van der Waals surface area contributed by atoms with Crippen molar-refractivity contribution in [1.29, 1.82) is 0 Å². The Morgan fingerprint density at radius 2 is 2.10 bits per heavy atom. The third-order valence-electron chi connectivity index (χ3n) is 2.91. The molecular weight excluding hydrogens is 258 g/mol. The molecule has 1 aliphatic heterocycles. The first-order chi connectivity index (χ1) is 9.74. The molecule has 0 saturated heterocycles. The Morgan fingerprint density at radius 1 is 1.25 bits per heavy atom.